The van der Waals surface area contributed by atoms with Crippen LogP contribution in [0.25, 0.3) is 0 Å². The lowest BCUT2D eigenvalue weighted by atomic mass is 10.2. The van der Waals surface area contributed by atoms with Crippen LogP contribution in [0.5, 0.6) is 0 Å². The molecule has 0 N–H and O–H groups in total. The molecule has 0 saturated carbocycles. The van der Waals surface area contributed by atoms with Crippen molar-refractivity contribution >= 4 is 10.8 Å². The zero-order chi connectivity index (χ0) is 13.0. The first-order chi connectivity index (χ1) is 8.66. The molecule has 0 heterocycles. The molecule has 1 nitrogen and oxygen atoms in total. The molecule has 0 saturated heterocycles. The van der Waals surface area contributed by atoms with Crippen LogP contribution in [-0.2, 0) is 16.6 Å². The number of benzene rings is 2. The van der Waals surface area contributed by atoms with Gasteiger partial charge in [-0.2, -0.15) is 0 Å². The van der Waals surface area contributed by atoms with Crippen LogP contribution in [0.4, 0.5) is 4.39 Å². The molecule has 18 heavy (non-hydrogen) atoms. The second-order valence-corrected chi connectivity index (χ2v) is 5.96. The third kappa shape index (κ3) is 3.26. The Morgan fingerprint density at radius 3 is 2.28 bits per heavy atom. The SMILES string of the molecule is C[C@@H](c1ccc(F)cc1)[S@@](=O)Cc1ccccc1. The van der Waals surface area contributed by atoms with E-state index in [0.29, 0.717) is 5.75 Å². The monoisotopic (exact) mass is 262 g/mol. The third-order valence-corrected chi connectivity index (χ3v) is 4.56. The quantitative estimate of drug-likeness (QED) is 0.818. The van der Waals surface area contributed by atoms with E-state index in [1.54, 1.807) is 12.1 Å². The molecular weight excluding hydrogens is 247 g/mol. The second kappa shape index (κ2) is 5.91. The van der Waals surface area contributed by atoms with Crippen molar-refractivity contribution in [2.24, 2.45) is 0 Å². The molecule has 0 aromatic heterocycles. The lowest BCUT2D eigenvalue weighted by Crippen LogP contribution is -2.05. The van der Waals surface area contributed by atoms with Gasteiger partial charge < -0.3 is 0 Å². The first-order valence-electron chi connectivity index (χ1n) is 5.83. The molecule has 0 spiro atoms. The summed E-state index contributed by atoms with van der Waals surface area (Å²) in [6.07, 6.45) is 0. The van der Waals surface area contributed by atoms with E-state index in [-0.39, 0.29) is 11.1 Å². The van der Waals surface area contributed by atoms with Gasteiger partial charge in [-0.3, -0.25) is 4.21 Å². The fraction of sp³-hybridized carbons (Fsp3) is 0.200. The smallest absolute Gasteiger partial charge is 0.123 e. The minimum Gasteiger partial charge on any atom is -0.259 e. The Balaban J connectivity index is 2.07. The second-order valence-electron chi connectivity index (χ2n) is 4.20. The predicted molar refractivity (Wildman–Crippen MR) is 73.1 cm³/mol. The van der Waals surface area contributed by atoms with Gasteiger partial charge >= 0.3 is 0 Å². The highest BCUT2D eigenvalue weighted by molar-refractivity contribution is 7.84. The van der Waals surface area contributed by atoms with E-state index >= 15 is 0 Å². The van der Waals surface area contributed by atoms with E-state index in [9.17, 15) is 8.60 Å². The normalized spacial score (nSPS) is 14.1. The summed E-state index contributed by atoms with van der Waals surface area (Å²) in [6, 6.07) is 16.0. The third-order valence-electron chi connectivity index (χ3n) is 2.89. The van der Waals surface area contributed by atoms with Crippen LogP contribution in [-0.4, -0.2) is 4.21 Å². The Bertz CT molecular complexity index is 522. The first-order valence-corrected chi connectivity index (χ1v) is 7.21. The van der Waals surface area contributed by atoms with Crippen molar-refractivity contribution in [3.63, 3.8) is 0 Å². The van der Waals surface area contributed by atoms with Crippen LogP contribution in [0.15, 0.2) is 54.6 Å². The zero-order valence-corrected chi connectivity index (χ0v) is 11.0. The van der Waals surface area contributed by atoms with Gasteiger partial charge in [-0.25, -0.2) is 4.39 Å². The maximum Gasteiger partial charge on any atom is 0.123 e. The number of hydrogen-bond acceptors (Lipinski definition) is 1. The van der Waals surface area contributed by atoms with Gasteiger partial charge in [0.15, 0.2) is 0 Å². The van der Waals surface area contributed by atoms with Crippen molar-refractivity contribution in [2.75, 3.05) is 0 Å². The molecule has 94 valence electrons. The Hall–Kier alpha value is -1.48. The van der Waals surface area contributed by atoms with Gasteiger partial charge in [-0.1, -0.05) is 42.5 Å². The number of halogens is 1. The van der Waals surface area contributed by atoms with Gasteiger partial charge in [0.1, 0.15) is 5.82 Å². The van der Waals surface area contributed by atoms with Crippen LogP contribution in [0.1, 0.15) is 23.3 Å². The van der Waals surface area contributed by atoms with Crippen molar-refractivity contribution in [1.29, 1.82) is 0 Å². The Labute approximate surface area is 109 Å². The summed E-state index contributed by atoms with van der Waals surface area (Å²) in [5, 5.41) is -0.0918. The molecule has 0 fully saturated rings. The van der Waals surface area contributed by atoms with E-state index in [4.69, 9.17) is 0 Å². The number of rotatable bonds is 4. The van der Waals surface area contributed by atoms with Crippen LogP contribution >= 0.6 is 0 Å². The maximum atomic E-state index is 12.8. The summed E-state index contributed by atoms with van der Waals surface area (Å²) >= 11 is 0. The Morgan fingerprint density at radius 2 is 1.67 bits per heavy atom. The topological polar surface area (TPSA) is 17.1 Å². The molecule has 0 aliphatic carbocycles. The summed E-state index contributed by atoms with van der Waals surface area (Å²) in [6.45, 7) is 1.91. The summed E-state index contributed by atoms with van der Waals surface area (Å²) in [5.41, 5.74) is 1.97. The minimum atomic E-state index is -0.996. The molecule has 2 aromatic carbocycles. The lowest BCUT2D eigenvalue weighted by Gasteiger charge is -2.11. The standard InChI is InChI=1S/C15H15FOS/c1-12(14-7-9-15(16)10-8-14)18(17)11-13-5-3-2-4-6-13/h2-10,12H,11H2,1H3/t12-,18-/m0/s1. The number of hydrogen-bond donors (Lipinski definition) is 0. The highest BCUT2D eigenvalue weighted by Crippen LogP contribution is 2.22. The van der Waals surface area contributed by atoms with Crippen molar-refractivity contribution in [3.05, 3.63) is 71.5 Å². The largest absolute Gasteiger partial charge is 0.259 e. The fourth-order valence-electron chi connectivity index (χ4n) is 1.75. The van der Waals surface area contributed by atoms with Gasteiger partial charge in [0.25, 0.3) is 0 Å². The molecule has 0 amide bonds. The van der Waals surface area contributed by atoms with Crippen LogP contribution in [0, 0.1) is 5.82 Å². The molecule has 2 atom stereocenters. The summed E-state index contributed by atoms with van der Waals surface area (Å²) in [7, 11) is -0.996. The summed E-state index contributed by atoms with van der Waals surface area (Å²) in [5.74, 6) is 0.263. The molecule has 3 heteroatoms. The Morgan fingerprint density at radius 1 is 1.06 bits per heavy atom. The minimum absolute atomic E-state index is 0.0918. The maximum absolute atomic E-state index is 12.8. The van der Waals surface area contributed by atoms with Gasteiger partial charge in [0, 0.05) is 16.6 Å². The average Bonchev–Trinajstić information content (AvgIpc) is 2.40. The summed E-state index contributed by atoms with van der Waals surface area (Å²) < 4.78 is 25.0. The molecule has 0 unspecified atom stereocenters. The molecule has 0 aliphatic heterocycles. The van der Waals surface area contributed by atoms with Crippen LogP contribution in [0.3, 0.4) is 0 Å². The van der Waals surface area contributed by atoms with Gasteiger partial charge in [-0.15, -0.1) is 0 Å². The first kappa shape index (κ1) is 13.0. The average molecular weight is 262 g/mol. The Kier molecular flexibility index (Phi) is 4.26. The van der Waals surface area contributed by atoms with E-state index in [2.05, 4.69) is 0 Å². The van der Waals surface area contributed by atoms with Crippen molar-refractivity contribution < 1.29 is 8.60 Å². The molecular formula is C15H15FOS. The van der Waals surface area contributed by atoms with E-state index < -0.39 is 10.8 Å². The van der Waals surface area contributed by atoms with Crippen LogP contribution < -0.4 is 0 Å². The van der Waals surface area contributed by atoms with E-state index in [1.165, 1.54) is 12.1 Å². The molecule has 0 aliphatic rings. The molecule has 0 bridgehead atoms. The van der Waals surface area contributed by atoms with Gasteiger partial charge in [0.2, 0.25) is 0 Å². The van der Waals surface area contributed by atoms with Crippen molar-refractivity contribution in [1.82, 2.24) is 0 Å². The van der Waals surface area contributed by atoms with Crippen LogP contribution in [0.2, 0.25) is 0 Å². The zero-order valence-electron chi connectivity index (χ0n) is 10.2. The molecule has 0 radical (unpaired) electrons. The lowest BCUT2D eigenvalue weighted by molar-refractivity contribution is 0.626. The van der Waals surface area contributed by atoms with Crippen molar-refractivity contribution in [2.45, 2.75) is 17.9 Å². The highest BCUT2D eigenvalue weighted by Gasteiger charge is 2.13. The highest BCUT2D eigenvalue weighted by atomic mass is 32.2. The fourth-order valence-corrected chi connectivity index (χ4v) is 2.98. The van der Waals surface area contributed by atoms with E-state index in [1.807, 2.05) is 37.3 Å². The van der Waals surface area contributed by atoms with Gasteiger partial charge in [0.05, 0.1) is 5.25 Å². The predicted octanol–water partition coefficient (Wildman–Crippen LogP) is 3.84. The van der Waals surface area contributed by atoms with Crippen molar-refractivity contribution in [3.8, 4) is 0 Å². The van der Waals surface area contributed by atoms with Gasteiger partial charge in [-0.05, 0) is 30.2 Å². The van der Waals surface area contributed by atoms with E-state index in [0.717, 1.165) is 11.1 Å². The summed E-state index contributed by atoms with van der Waals surface area (Å²) in [4.78, 5) is 0. The molecule has 2 aromatic rings. The molecule has 2 rings (SSSR count).